The number of ether oxygens (including phenoxy) is 1. The van der Waals surface area contributed by atoms with E-state index in [2.05, 4.69) is 24.8 Å². The highest BCUT2D eigenvalue weighted by atomic mass is 19.1. The molecule has 3 aromatic heterocycles. The second-order valence-corrected chi connectivity index (χ2v) is 11.7. The second kappa shape index (κ2) is 11.2. The number of morpholine rings is 1. The van der Waals surface area contributed by atoms with Crippen molar-refractivity contribution < 1.29 is 13.9 Å². The van der Waals surface area contributed by atoms with Crippen molar-refractivity contribution in [2.24, 2.45) is 0 Å². The third kappa shape index (κ3) is 5.04. The van der Waals surface area contributed by atoms with E-state index in [1.165, 1.54) is 11.6 Å². The topological polar surface area (TPSA) is 126 Å². The quantitative estimate of drug-likeness (QED) is 0.362. The molecule has 1 amide bonds. The smallest absolute Gasteiger partial charge is 0.254 e. The van der Waals surface area contributed by atoms with E-state index in [1.54, 1.807) is 35.6 Å². The average Bonchev–Trinajstić information content (AvgIpc) is 3.83. The molecule has 0 bridgehead atoms. The van der Waals surface area contributed by atoms with Gasteiger partial charge < -0.3 is 25.2 Å². The van der Waals surface area contributed by atoms with Gasteiger partial charge in [0.1, 0.15) is 11.6 Å². The molecule has 8 rings (SSSR count). The molecule has 2 fully saturated rings. The van der Waals surface area contributed by atoms with E-state index in [0.29, 0.717) is 69.6 Å². The number of carbonyl (C=O) groups excluding carboxylic acids is 1. The monoisotopic (exact) mass is 605 g/mol. The fourth-order valence-corrected chi connectivity index (χ4v) is 6.73. The molecule has 5 heterocycles. The van der Waals surface area contributed by atoms with Gasteiger partial charge in [-0.2, -0.15) is 0 Å². The normalized spacial score (nSPS) is 19.3. The zero-order valence-electron chi connectivity index (χ0n) is 24.7. The first-order chi connectivity index (χ1) is 22.0. The van der Waals surface area contributed by atoms with E-state index in [0.717, 1.165) is 46.7 Å². The molecule has 2 aliphatic heterocycles. The molecule has 4 aromatic rings. The maximum absolute atomic E-state index is 15.8. The molecule has 0 radical (unpaired) electrons. The first-order valence-electron chi connectivity index (χ1n) is 15.3. The number of pyridine rings is 1. The van der Waals surface area contributed by atoms with Gasteiger partial charge in [0.25, 0.3) is 5.91 Å². The zero-order valence-corrected chi connectivity index (χ0v) is 24.7. The van der Waals surface area contributed by atoms with E-state index in [4.69, 9.17) is 20.4 Å². The Balaban J connectivity index is 1.05. The van der Waals surface area contributed by atoms with Gasteiger partial charge in [-0.1, -0.05) is 17.7 Å². The minimum Gasteiger partial charge on any atom is -0.378 e. The average molecular weight is 606 g/mol. The lowest BCUT2D eigenvalue weighted by molar-refractivity contribution is 0.0746. The molecule has 2 aliphatic carbocycles. The fraction of sp³-hybridized carbons (Fsp3) is 0.333. The first-order valence-corrected chi connectivity index (χ1v) is 15.3. The van der Waals surface area contributed by atoms with E-state index < -0.39 is 0 Å². The number of halogens is 1. The molecule has 228 valence electrons. The van der Waals surface area contributed by atoms with Gasteiger partial charge in [-0.15, -0.1) is 0 Å². The predicted molar refractivity (Wildman–Crippen MR) is 167 cm³/mol. The number of nitrogens with two attached hydrogens (primary N) is 1. The number of carbonyl (C=O) groups is 1. The van der Waals surface area contributed by atoms with E-state index in [9.17, 15) is 4.79 Å². The number of hydrogen-bond donors (Lipinski definition) is 1. The lowest BCUT2D eigenvalue weighted by atomic mass is 9.97. The van der Waals surface area contributed by atoms with Crippen LogP contribution in [0.1, 0.15) is 39.5 Å². The van der Waals surface area contributed by atoms with Crippen molar-refractivity contribution >= 4 is 29.2 Å². The molecule has 0 spiro atoms. The highest BCUT2D eigenvalue weighted by molar-refractivity contribution is 5.96. The number of benzene rings is 1. The van der Waals surface area contributed by atoms with Gasteiger partial charge in [0, 0.05) is 80.5 Å². The van der Waals surface area contributed by atoms with Crippen LogP contribution < -0.4 is 15.5 Å². The summed E-state index contributed by atoms with van der Waals surface area (Å²) in [4.78, 5) is 42.3. The van der Waals surface area contributed by atoms with Gasteiger partial charge in [-0.3, -0.25) is 4.79 Å². The van der Waals surface area contributed by atoms with Crippen LogP contribution in [0.5, 0.6) is 0 Å². The van der Waals surface area contributed by atoms with Crippen LogP contribution in [-0.2, 0) is 11.2 Å². The summed E-state index contributed by atoms with van der Waals surface area (Å²) in [6, 6.07) is 10.7. The van der Waals surface area contributed by atoms with Gasteiger partial charge in [0.05, 0.1) is 24.6 Å². The van der Waals surface area contributed by atoms with E-state index >= 15 is 4.39 Å². The maximum Gasteiger partial charge on any atom is 0.254 e. The fourth-order valence-electron chi connectivity index (χ4n) is 6.73. The van der Waals surface area contributed by atoms with Crippen LogP contribution in [0.2, 0.25) is 0 Å². The minimum absolute atomic E-state index is 0.154. The number of hydrogen-bond acceptors (Lipinski definition) is 10. The Bertz CT molecular complexity index is 1800. The molecule has 1 atom stereocenters. The van der Waals surface area contributed by atoms with Crippen molar-refractivity contribution in [1.29, 1.82) is 0 Å². The van der Waals surface area contributed by atoms with Gasteiger partial charge in [-0.25, -0.2) is 29.3 Å². The maximum atomic E-state index is 15.8. The van der Waals surface area contributed by atoms with Crippen LogP contribution in [0.15, 0.2) is 60.6 Å². The highest BCUT2D eigenvalue weighted by Gasteiger charge is 2.45. The number of aromatic nitrogens is 5. The summed E-state index contributed by atoms with van der Waals surface area (Å²) >= 11 is 0. The zero-order chi connectivity index (χ0) is 30.5. The molecule has 0 saturated carbocycles. The lowest BCUT2D eigenvalue weighted by Crippen LogP contribution is -2.49. The number of amides is 1. The van der Waals surface area contributed by atoms with Crippen LogP contribution in [0, 0.1) is 5.82 Å². The number of piperazine rings is 1. The summed E-state index contributed by atoms with van der Waals surface area (Å²) in [6.07, 6.45) is 6.67. The van der Waals surface area contributed by atoms with Gasteiger partial charge in [0.2, 0.25) is 11.9 Å². The molecule has 11 nitrogen and oxygen atoms in total. The van der Waals surface area contributed by atoms with Crippen molar-refractivity contribution in [2.45, 2.75) is 18.8 Å². The molecule has 4 aliphatic rings. The van der Waals surface area contributed by atoms with E-state index in [1.807, 2.05) is 18.2 Å². The van der Waals surface area contributed by atoms with Crippen LogP contribution in [0.4, 0.5) is 22.1 Å². The number of fused-ring (bicyclic) bond motifs is 2. The number of nitrogens with zero attached hydrogens (tertiary/aromatic N) is 8. The van der Waals surface area contributed by atoms with Crippen LogP contribution in [0.3, 0.4) is 0 Å². The third-order valence-electron chi connectivity index (χ3n) is 9.13. The lowest BCUT2D eigenvalue weighted by Gasteiger charge is -2.35. The number of rotatable bonds is 5. The van der Waals surface area contributed by atoms with Gasteiger partial charge >= 0.3 is 0 Å². The molecular formula is C33H32FN9O2. The Kier molecular flexibility index (Phi) is 6.85. The Morgan fingerprint density at radius 3 is 2.40 bits per heavy atom. The second-order valence-electron chi connectivity index (χ2n) is 11.7. The number of anilines is 3. The summed E-state index contributed by atoms with van der Waals surface area (Å²) < 4.78 is 21.4. The molecule has 45 heavy (non-hydrogen) atoms. The highest BCUT2D eigenvalue weighted by Crippen LogP contribution is 2.60. The summed E-state index contributed by atoms with van der Waals surface area (Å²) in [6.45, 7) is 5.06. The number of allylic oxidation sites excluding steroid dienone is 2. The molecule has 1 unspecified atom stereocenters. The summed E-state index contributed by atoms with van der Waals surface area (Å²) in [5.41, 5.74) is 12.4. The molecular weight excluding hydrogens is 573 g/mol. The Labute approximate surface area is 259 Å². The third-order valence-corrected chi connectivity index (χ3v) is 9.13. The Hall–Kier alpha value is -4.97. The SMILES string of the molecule is Nc1ncc(-c2nc(N3CCOCC3)nc3c2CCC2=C3C2c2ccc(C(=O)N3CCN(c4ccccn4)CC3)cc2F)cn1. The van der Waals surface area contributed by atoms with Crippen molar-refractivity contribution in [3.05, 3.63) is 88.8 Å². The standard InChI is InChI=1S/C33H32FN9O2/c34-25-17-20(31(44)42-11-9-41(10-12-42)26-3-1-2-8-36-26)4-5-22(25)27-23-6-7-24-29(21-18-37-32(35)38-19-21)39-33(40-30(24)28(23)27)43-13-15-45-16-14-43/h1-5,8,17-19,27H,6-7,9-16H2,(H2,35,37,38). The van der Waals surface area contributed by atoms with Crippen LogP contribution >= 0.6 is 0 Å². The predicted octanol–water partition coefficient (Wildman–Crippen LogP) is 3.35. The van der Waals surface area contributed by atoms with Crippen molar-refractivity contribution in [3.8, 4) is 11.3 Å². The van der Waals surface area contributed by atoms with Crippen molar-refractivity contribution in [2.75, 3.05) is 68.0 Å². The number of nitrogen functional groups attached to an aromatic ring is 1. The largest absolute Gasteiger partial charge is 0.378 e. The summed E-state index contributed by atoms with van der Waals surface area (Å²) in [7, 11) is 0. The molecule has 1 aromatic carbocycles. The van der Waals surface area contributed by atoms with Crippen LogP contribution in [-0.4, -0.2) is 88.2 Å². The van der Waals surface area contributed by atoms with Crippen molar-refractivity contribution in [3.63, 3.8) is 0 Å². The van der Waals surface area contributed by atoms with Crippen LogP contribution in [0.25, 0.3) is 16.8 Å². The first kappa shape index (κ1) is 27.6. The van der Waals surface area contributed by atoms with E-state index in [-0.39, 0.29) is 23.6 Å². The Morgan fingerprint density at radius 1 is 0.889 bits per heavy atom. The van der Waals surface area contributed by atoms with Crippen molar-refractivity contribution in [1.82, 2.24) is 29.8 Å². The Morgan fingerprint density at radius 2 is 1.67 bits per heavy atom. The molecule has 2 saturated heterocycles. The summed E-state index contributed by atoms with van der Waals surface area (Å²) in [5, 5.41) is 0. The molecule has 12 heteroatoms. The van der Waals surface area contributed by atoms with Gasteiger partial charge in [0.15, 0.2) is 0 Å². The minimum atomic E-state index is -0.372. The molecule has 2 N–H and O–H groups in total. The summed E-state index contributed by atoms with van der Waals surface area (Å²) in [5.74, 6) is 1.03. The van der Waals surface area contributed by atoms with Gasteiger partial charge in [-0.05, 0) is 48.2 Å².